The van der Waals surface area contributed by atoms with Crippen LogP contribution in [0, 0.1) is 17.5 Å². The molecule has 2 aromatic carbocycles. The quantitative estimate of drug-likeness (QED) is 0.795. The van der Waals surface area contributed by atoms with Crippen molar-refractivity contribution in [3.8, 4) is 5.75 Å². The summed E-state index contributed by atoms with van der Waals surface area (Å²) in [6, 6.07) is 8.10. The maximum absolute atomic E-state index is 13.7. The second-order valence-electron chi connectivity index (χ2n) is 6.41. The van der Waals surface area contributed by atoms with Gasteiger partial charge in [0, 0.05) is 13.1 Å². The van der Waals surface area contributed by atoms with Crippen LogP contribution in [0.1, 0.15) is 18.9 Å². The first-order valence-electron chi connectivity index (χ1n) is 8.53. The van der Waals surface area contributed by atoms with E-state index in [1.165, 1.54) is 0 Å². The maximum Gasteiger partial charge on any atom is 0.241 e. The molecular weight excluding hydrogens is 357 g/mol. The highest BCUT2D eigenvalue weighted by atomic mass is 19.2. The monoisotopic (exact) mass is 376 g/mol. The van der Waals surface area contributed by atoms with Gasteiger partial charge < -0.3 is 10.4 Å². The summed E-state index contributed by atoms with van der Waals surface area (Å²) in [5.74, 6) is -4.63. The largest absolute Gasteiger partial charge is 0.508 e. The van der Waals surface area contributed by atoms with Crippen LogP contribution in [0.25, 0.3) is 5.57 Å². The molecule has 7 heteroatoms. The summed E-state index contributed by atoms with van der Waals surface area (Å²) in [6.45, 7) is 2.80. The van der Waals surface area contributed by atoms with Gasteiger partial charge in [0.1, 0.15) is 5.75 Å². The Morgan fingerprint density at radius 3 is 2.44 bits per heavy atom. The fourth-order valence-electron chi connectivity index (χ4n) is 3.00. The molecule has 2 aromatic rings. The highest BCUT2D eigenvalue weighted by Gasteiger charge is 2.25. The predicted octanol–water partition coefficient (Wildman–Crippen LogP) is 3.93. The van der Waals surface area contributed by atoms with E-state index in [4.69, 9.17) is 0 Å². The minimum atomic E-state index is -1.61. The molecule has 1 heterocycles. The molecule has 1 atom stereocenters. The average Bonchev–Trinajstić information content (AvgIpc) is 2.68. The van der Waals surface area contributed by atoms with Crippen LogP contribution in [0.3, 0.4) is 0 Å². The second kappa shape index (κ2) is 7.84. The van der Waals surface area contributed by atoms with E-state index < -0.39 is 29.4 Å². The highest BCUT2D eigenvalue weighted by Crippen LogP contribution is 2.25. The summed E-state index contributed by atoms with van der Waals surface area (Å²) in [5, 5.41) is 11.7. The molecule has 1 aliphatic rings. The zero-order valence-corrected chi connectivity index (χ0v) is 14.7. The minimum absolute atomic E-state index is 0.201. The van der Waals surface area contributed by atoms with Crippen LogP contribution < -0.4 is 5.32 Å². The molecule has 0 bridgehead atoms. The second-order valence-corrected chi connectivity index (χ2v) is 6.41. The molecule has 2 N–H and O–H groups in total. The molecule has 0 aliphatic carbocycles. The number of phenolic OH excluding ortho intramolecular Hbond substituents is 1. The molecule has 1 amide bonds. The fraction of sp³-hybridized carbons (Fsp3) is 0.250. The number of phenols is 1. The molecule has 0 saturated heterocycles. The Balaban J connectivity index is 1.65. The number of carbonyl (C=O) groups is 1. The van der Waals surface area contributed by atoms with Gasteiger partial charge in [0.15, 0.2) is 17.5 Å². The van der Waals surface area contributed by atoms with Crippen LogP contribution in [0.15, 0.2) is 42.5 Å². The minimum Gasteiger partial charge on any atom is -0.508 e. The molecule has 4 nitrogen and oxygen atoms in total. The zero-order valence-electron chi connectivity index (χ0n) is 14.7. The molecule has 0 fully saturated rings. The van der Waals surface area contributed by atoms with Crippen molar-refractivity contribution in [1.82, 2.24) is 4.90 Å². The number of anilines is 1. The molecule has 0 aromatic heterocycles. The first kappa shape index (κ1) is 19.0. The number of rotatable bonds is 4. The van der Waals surface area contributed by atoms with Crippen molar-refractivity contribution in [2.24, 2.45) is 0 Å². The van der Waals surface area contributed by atoms with Crippen molar-refractivity contribution in [2.75, 3.05) is 18.4 Å². The predicted molar refractivity (Wildman–Crippen MR) is 96.7 cm³/mol. The van der Waals surface area contributed by atoms with E-state index in [-0.39, 0.29) is 11.4 Å². The smallest absolute Gasteiger partial charge is 0.241 e. The number of amides is 1. The van der Waals surface area contributed by atoms with E-state index in [2.05, 4.69) is 5.32 Å². The van der Waals surface area contributed by atoms with Gasteiger partial charge in [-0.1, -0.05) is 18.2 Å². The molecule has 0 radical (unpaired) electrons. The van der Waals surface area contributed by atoms with Crippen LogP contribution >= 0.6 is 0 Å². The molecule has 0 spiro atoms. The fourth-order valence-corrected chi connectivity index (χ4v) is 3.00. The van der Waals surface area contributed by atoms with Crippen molar-refractivity contribution in [3.63, 3.8) is 0 Å². The third-order valence-corrected chi connectivity index (χ3v) is 4.70. The lowest BCUT2D eigenvalue weighted by molar-refractivity contribution is -0.120. The van der Waals surface area contributed by atoms with Gasteiger partial charge in [-0.25, -0.2) is 13.2 Å². The van der Waals surface area contributed by atoms with Crippen LogP contribution in [0.5, 0.6) is 5.75 Å². The van der Waals surface area contributed by atoms with Crippen molar-refractivity contribution >= 4 is 17.2 Å². The Morgan fingerprint density at radius 1 is 1.11 bits per heavy atom. The van der Waals surface area contributed by atoms with Gasteiger partial charge >= 0.3 is 0 Å². The Bertz CT molecular complexity index is 882. The number of aromatic hydroxyl groups is 1. The molecule has 142 valence electrons. The number of benzene rings is 2. The Hall–Kier alpha value is -2.80. The SMILES string of the molecule is CC(C(=O)Nc1ccc(F)c(F)c1F)N1CC=C(c2ccc(O)cc2)CC1. The van der Waals surface area contributed by atoms with Gasteiger partial charge in [0.25, 0.3) is 0 Å². The third-order valence-electron chi connectivity index (χ3n) is 4.70. The van der Waals surface area contributed by atoms with E-state index in [0.29, 0.717) is 19.5 Å². The lowest BCUT2D eigenvalue weighted by atomic mass is 9.98. The van der Waals surface area contributed by atoms with Gasteiger partial charge in [0.2, 0.25) is 5.91 Å². The summed E-state index contributed by atoms with van der Waals surface area (Å²) in [5.41, 5.74) is 1.74. The van der Waals surface area contributed by atoms with E-state index >= 15 is 0 Å². The van der Waals surface area contributed by atoms with Crippen LogP contribution in [0.4, 0.5) is 18.9 Å². The van der Waals surface area contributed by atoms with Crippen molar-refractivity contribution in [1.29, 1.82) is 0 Å². The Labute approximate surface area is 154 Å². The summed E-state index contributed by atoms with van der Waals surface area (Å²) in [6.07, 6.45) is 2.71. The van der Waals surface area contributed by atoms with Crippen molar-refractivity contribution in [2.45, 2.75) is 19.4 Å². The van der Waals surface area contributed by atoms with Gasteiger partial charge in [0.05, 0.1) is 11.7 Å². The number of hydrogen-bond donors (Lipinski definition) is 2. The summed E-state index contributed by atoms with van der Waals surface area (Å²) in [4.78, 5) is 14.3. The lowest BCUT2D eigenvalue weighted by Crippen LogP contribution is -2.44. The third kappa shape index (κ3) is 4.14. The average molecular weight is 376 g/mol. The number of carbonyl (C=O) groups excluding carboxylic acids is 1. The first-order valence-corrected chi connectivity index (χ1v) is 8.53. The van der Waals surface area contributed by atoms with Crippen LogP contribution in [-0.4, -0.2) is 35.0 Å². The molecule has 0 saturated carbocycles. The zero-order chi connectivity index (χ0) is 19.6. The summed E-state index contributed by atoms with van der Waals surface area (Å²) in [7, 11) is 0. The molecule has 1 unspecified atom stereocenters. The van der Waals surface area contributed by atoms with Crippen LogP contribution in [0.2, 0.25) is 0 Å². The maximum atomic E-state index is 13.7. The Kier molecular flexibility index (Phi) is 5.51. The summed E-state index contributed by atoms with van der Waals surface area (Å²) < 4.78 is 40.0. The number of nitrogens with zero attached hydrogens (tertiary/aromatic N) is 1. The van der Waals surface area contributed by atoms with Crippen LogP contribution in [-0.2, 0) is 4.79 Å². The van der Waals surface area contributed by atoms with Gasteiger partial charge in [-0.2, -0.15) is 0 Å². The topological polar surface area (TPSA) is 52.6 Å². The van der Waals surface area contributed by atoms with E-state index in [0.717, 1.165) is 23.3 Å². The number of nitrogens with one attached hydrogen (secondary N) is 1. The van der Waals surface area contributed by atoms with Gasteiger partial charge in [-0.3, -0.25) is 9.69 Å². The highest BCUT2D eigenvalue weighted by molar-refractivity contribution is 5.94. The van der Waals surface area contributed by atoms with Gasteiger partial charge in [-0.05, 0) is 48.7 Å². The van der Waals surface area contributed by atoms with Gasteiger partial charge in [-0.15, -0.1) is 0 Å². The Morgan fingerprint density at radius 2 is 1.81 bits per heavy atom. The molecular formula is C20H19F3N2O2. The molecule has 27 heavy (non-hydrogen) atoms. The number of hydrogen-bond acceptors (Lipinski definition) is 3. The van der Waals surface area contributed by atoms with E-state index in [1.807, 2.05) is 23.1 Å². The molecule has 1 aliphatic heterocycles. The summed E-state index contributed by atoms with van der Waals surface area (Å²) >= 11 is 0. The van der Waals surface area contributed by atoms with Crippen molar-refractivity contribution in [3.05, 3.63) is 65.5 Å². The van der Waals surface area contributed by atoms with Crippen molar-refractivity contribution < 1.29 is 23.1 Å². The molecule has 3 rings (SSSR count). The lowest BCUT2D eigenvalue weighted by Gasteiger charge is -2.31. The van der Waals surface area contributed by atoms with E-state index in [9.17, 15) is 23.1 Å². The first-order chi connectivity index (χ1) is 12.9. The normalized spacial score (nSPS) is 15.9. The number of halogens is 3. The standard InChI is InChI=1S/C20H19F3N2O2/c1-12(20(27)24-17-7-6-16(21)18(22)19(17)23)25-10-8-14(9-11-25)13-2-4-15(26)5-3-13/h2-8,12,26H,9-11H2,1H3,(H,24,27). The van der Waals surface area contributed by atoms with E-state index in [1.54, 1.807) is 19.1 Å².